The van der Waals surface area contributed by atoms with Crippen molar-refractivity contribution in [1.82, 2.24) is 15.0 Å². The third-order valence-electron chi connectivity index (χ3n) is 3.92. The minimum Gasteiger partial charge on any atom is -0.356 e. The number of aromatic nitrogens is 3. The molecule has 0 atom stereocenters. The van der Waals surface area contributed by atoms with E-state index in [1.807, 2.05) is 13.0 Å². The van der Waals surface area contributed by atoms with Crippen LogP contribution in [0, 0.1) is 18.7 Å². The van der Waals surface area contributed by atoms with Crippen LogP contribution < -0.4 is 10.2 Å². The quantitative estimate of drug-likeness (QED) is 0.373. The Balaban J connectivity index is 1.47. The Morgan fingerprint density at radius 2 is 2.07 bits per heavy atom. The average Bonchev–Trinajstić information content (AvgIpc) is 2.72. The number of pyridine rings is 3. The molecule has 0 aliphatic heterocycles. The van der Waals surface area contributed by atoms with E-state index in [1.54, 1.807) is 24.5 Å². The molecule has 0 saturated carbocycles. The Labute approximate surface area is 165 Å². The van der Waals surface area contributed by atoms with Crippen LogP contribution in [0.1, 0.15) is 27.9 Å². The van der Waals surface area contributed by atoms with Gasteiger partial charge in [0, 0.05) is 30.9 Å². The molecule has 1 amide bonds. The number of carbonyl (C=O) groups is 1. The van der Waals surface area contributed by atoms with Gasteiger partial charge in [0.15, 0.2) is 11.6 Å². The van der Waals surface area contributed by atoms with Crippen molar-refractivity contribution >= 4 is 17.9 Å². The van der Waals surface area contributed by atoms with Crippen molar-refractivity contribution < 1.29 is 18.4 Å². The molecule has 3 aromatic heterocycles. The summed E-state index contributed by atoms with van der Waals surface area (Å²) in [5.41, 5.74) is 2.25. The Morgan fingerprint density at radius 3 is 2.79 bits per heavy atom. The number of halogens is 2. The molecule has 0 spiro atoms. The molecule has 0 aliphatic carbocycles. The SMILES string of the molecule is Cc1ccncc1C(=O)Nc1ccc(CC/C=N/Oc2cnc(F)c(F)c2)cn1. The van der Waals surface area contributed by atoms with E-state index in [0.717, 1.165) is 23.4 Å². The van der Waals surface area contributed by atoms with Crippen LogP contribution in [-0.2, 0) is 6.42 Å². The number of rotatable bonds is 7. The maximum Gasteiger partial charge on any atom is 0.258 e. The van der Waals surface area contributed by atoms with E-state index in [1.165, 1.54) is 12.4 Å². The average molecular weight is 397 g/mol. The molecular formula is C20H17F2N5O2. The second kappa shape index (κ2) is 9.45. The Kier molecular flexibility index (Phi) is 6.51. The number of oxime groups is 1. The zero-order chi connectivity index (χ0) is 20.6. The summed E-state index contributed by atoms with van der Waals surface area (Å²) < 4.78 is 25.7. The number of hydrogen-bond donors (Lipinski definition) is 1. The Bertz CT molecular complexity index is 1030. The van der Waals surface area contributed by atoms with E-state index in [0.29, 0.717) is 24.2 Å². The standard InChI is InChI=1S/C20H17F2N5O2/c1-13-6-8-23-12-16(13)20(28)27-18-5-4-14(10-24-18)3-2-7-26-29-15-9-17(21)19(22)25-11-15/h4-12H,2-3H2,1H3,(H,24,27,28)/b26-7+. The maximum atomic E-state index is 13.0. The molecule has 7 nitrogen and oxygen atoms in total. The number of amides is 1. The van der Waals surface area contributed by atoms with Crippen LogP contribution in [0.3, 0.4) is 0 Å². The lowest BCUT2D eigenvalue weighted by molar-refractivity contribution is 0.102. The molecule has 1 N–H and O–H groups in total. The van der Waals surface area contributed by atoms with E-state index in [4.69, 9.17) is 4.84 Å². The van der Waals surface area contributed by atoms with Crippen LogP contribution in [0.4, 0.5) is 14.6 Å². The minimum atomic E-state index is -1.19. The van der Waals surface area contributed by atoms with Gasteiger partial charge in [-0.15, -0.1) is 0 Å². The number of aryl methyl sites for hydroxylation is 2. The number of nitrogens with one attached hydrogen (secondary N) is 1. The normalized spacial score (nSPS) is 10.9. The molecule has 29 heavy (non-hydrogen) atoms. The Morgan fingerprint density at radius 1 is 1.21 bits per heavy atom. The largest absolute Gasteiger partial charge is 0.356 e. The van der Waals surface area contributed by atoms with Crippen LogP contribution in [0.25, 0.3) is 0 Å². The third-order valence-corrected chi connectivity index (χ3v) is 3.92. The van der Waals surface area contributed by atoms with E-state index in [-0.39, 0.29) is 11.7 Å². The van der Waals surface area contributed by atoms with Gasteiger partial charge in [0.1, 0.15) is 5.82 Å². The van der Waals surface area contributed by atoms with Gasteiger partial charge in [-0.25, -0.2) is 14.4 Å². The third kappa shape index (κ3) is 5.61. The lowest BCUT2D eigenvalue weighted by atomic mass is 10.1. The molecule has 0 bridgehead atoms. The van der Waals surface area contributed by atoms with Gasteiger partial charge in [-0.3, -0.25) is 9.78 Å². The first-order valence-corrected chi connectivity index (χ1v) is 8.69. The molecule has 3 heterocycles. The van der Waals surface area contributed by atoms with E-state index < -0.39 is 11.8 Å². The summed E-state index contributed by atoms with van der Waals surface area (Å²) in [5, 5.41) is 6.42. The van der Waals surface area contributed by atoms with E-state index >= 15 is 0 Å². The fourth-order valence-electron chi connectivity index (χ4n) is 2.37. The number of carbonyl (C=O) groups excluding carboxylic acids is 1. The zero-order valence-corrected chi connectivity index (χ0v) is 15.5. The minimum absolute atomic E-state index is 0.00534. The van der Waals surface area contributed by atoms with Gasteiger partial charge in [0.05, 0.1) is 11.8 Å². The van der Waals surface area contributed by atoms with Gasteiger partial charge in [-0.1, -0.05) is 11.2 Å². The highest BCUT2D eigenvalue weighted by Gasteiger charge is 2.09. The Hall–Kier alpha value is -3.75. The van der Waals surface area contributed by atoms with Crippen molar-refractivity contribution in [1.29, 1.82) is 0 Å². The van der Waals surface area contributed by atoms with Gasteiger partial charge >= 0.3 is 0 Å². The molecule has 3 aromatic rings. The van der Waals surface area contributed by atoms with E-state index in [2.05, 4.69) is 25.4 Å². The van der Waals surface area contributed by atoms with Crippen molar-refractivity contribution in [3.05, 3.63) is 77.5 Å². The maximum absolute atomic E-state index is 13.0. The molecule has 0 unspecified atom stereocenters. The van der Waals surface area contributed by atoms with Crippen molar-refractivity contribution in [2.24, 2.45) is 5.16 Å². The van der Waals surface area contributed by atoms with Crippen molar-refractivity contribution in [2.75, 3.05) is 5.32 Å². The van der Waals surface area contributed by atoms with Gasteiger partial charge < -0.3 is 10.2 Å². The van der Waals surface area contributed by atoms with Crippen molar-refractivity contribution in [3.8, 4) is 5.75 Å². The highest BCUT2D eigenvalue weighted by molar-refractivity contribution is 6.04. The number of nitrogens with zero attached hydrogens (tertiary/aromatic N) is 4. The van der Waals surface area contributed by atoms with Crippen LogP contribution in [0.2, 0.25) is 0 Å². The fraction of sp³-hybridized carbons (Fsp3) is 0.150. The molecule has 148 valence electrons. The first-order chi connectivity index (χ1) is 14.0. The van der Waals surface area contributed by atoms with E-state index in [9.17, 15) is 13.6 Å². The van der Waals surface area contributed by atoms with Crippen LogP contribution >= 0.6 is 0 Å². The number of hydrogen-bond acceptors (Lipinski definition) is 6. The topological polar surface area (TPSA) is 89.4 Å². The fourth-order valence-corrected chi connectivity index (χ4v) is 2.37. The van der Waals surface area contributed by atoms with Gasteiger partial charge in [0.25, 0.3) is 5.91 Å². The summed E-state index contributed by atoms with van der Waals surface area (Å²) in [6, 6.07) is 6.18. The van der Waals surface area contributed by atoms with Crippen molar-refractivity contribution in [2.45, 2.75) is 19.8 Å². The van der Waals surface area contributed by atoms with Gasteiger partial charge in [-0.2, -0.15) is 4.39 Å². The second-order valence-electron chi connectivity index (χ2n) is 6.06. The number of anilines is 1. The summed E-state index contributed by atoms with van der Waals surface area (Å²) in [5.74, 6) is -2.12. The molecular weight excluding hydrogens is 380 g/mol. The monoisotopic (exact) mass is 397 g/mol. The molecule has 0 saturated heterocycles. The first-order valence-electron chi connectivity index (χ1n) is 8.69. The molecule has 3 rings (SSSR count). The van der Waals surface area contributed by atoms with Gasteiger partial charge in [0.2, 0.25) is 5.95 Å². The molecule has 9 heteroatoms. The highest BCUT2D eigenvalue weighted by Crippen LogP contribution is 2.13. The molecule has 0 radical (unpaired) electrons. The first kappa shape index (κ1) is 20.0. The van der Waals surface area contributed by atoms with Crippen molar-refractivity contribution in [3.63, 3.8) is 0 Å². The predicted octanol–water partition coefficient (Wildman–Crippen LogP) is 3.71. The molecule has 0 fully saturated rings. The highest BCUT2D eigenvalue weighted by atomic mass is 19.2. The van der Waals surface area contributed by atoms with Crippen LogP contribution in [-0.4, -0.2) is 27.1 Å². The summed E-state index contributed by atoms with van der Waals surface area (Å²) >= 11 is 0. The molecule has 0 aliphatic rings. The predicted molar refractivity (Wildman–Crippen MR) is 103 cm³/mol. The summed E-state index contributed by atoms with van der Waals surface area (Å²) in [6.45, 7) is 1.83. The zero-order valence-electron chi connectivity index (χ0n) is 15.5. The summed E-state index contributed by atoms with van der Waals surface area (Å²) in [4.78, 5) is 28.6. The van der Waals surface area contributed by atoms with Gasteiger partial charge in [-0.05, 0) is 43.0 Å². The molecule has 0 aromatic carbocycles. The lowest BCUT2D eigenvalue weighted by Crippen LogP contribution is -2.14. The smallest absolute Gasteiger partial charge is 0.258 e. The lowest BCUT2D eigenvalue weighted by Gasteiger charge is -2.07. The second-order valence-corrected chi connectivity index (χ2v) is 6.06. The summed E-state index contributed by atoms with van der Waals surface area (Å²) in [6.07, 6.45) is 8.51. The van der Waals surface area contributed by atoms with Crippen LogP contribution in [0.15, 0.2) is 54.2 Å². The summed E-state index contributed by atoms with van der Waals surface area (Å²) in [7, 11) is 0. The van der Waals surface area contributed by atoms with Crippen LogP contribution in [0.5, 0.6) is 5.75 Å².